The standard InChI is InChI=1S/C47H37N/c1-35-17-23-42(24-18-35)46(40-11-5-2-6-12-40)33-36-19-25-38(26-20-36)39-27-29-43(30-28-39)47(41-13-7-3-8-14-41)34-37-21-31-45(32-22-37)48-44-15-9-4-10-16-44/h2-34,48H,1H3. The van der Waals surface area contributed by atoms with E-state index in [0.717, 1.165) is 16.9 Å². The molecule has 1 nitrogen and oxygen atoms in total. The fourth-order valence-electron chi connectivity index (χ4n) is 5.93. The first-order valence-electron chi connectivity index (χ1n) is 16.4. The van der Waals surface area contributed by atoms with Gasteiger partial charge in [0.2, 0.25) is 0 Å². The Bertz CT molecular complexity index is 2120. The van der Waals surface area contributed by atoms with Crippen LogP contribution in [0.15, 0.2) is 188 Å². The minimum Gasteiger partial charge on any atom is -0.356 e. The smallest absolute Gasteiger partial charge is 0.0384 e. The Morgan fingerprint density at radius 1 is 0.354 bits per heavy atom. The van der Waals surface area contributed by atoms with Crippen LogP contribution in [-0.2, 0) is 0 Å². The van der Waals surface area contributed by atoms with Crippen LogP contribution in [0.2, 0.25) is 0 Å². The fraction of sp³-hybridized carbons (Fsp3) is 0.0213. The van der Waals surface area contributed by atoms with Gasteiger partial charge >= 0.3 is 0 Å². The number of rotatable bonds is 9. The maximum Gasteiger partial charge on any atom is 0.0384 e. The van der Waals surface area contributed by atoms with Gasteiger partial charge in [-0.3, -0.25) is 0 Å². The van der Waals surface area contributed by atoms with Crippen molar-refractivity contribution in [3.63, 3.8) is 0 Å². The third kappa shape index (κ3) is 7.44. The summed E-state index contributed by atoms with van der Waals surface area (Å²) < 4.78 is 0. The van der Waals surface area contributed by atoms with Crippen molar-refractivity contribution in [2.45, 2.75) is 6.92 Å². The Morgan fingerprint density at radius 2 is 0.708 bits per heavy atom. The van der Waals surface area contributed by atoms with Crippen molar-refractivity contribution in [2.75, 3.05) is 5.32 Å². The molecule has 7 aromatic rings. The number of anilines is 2. The van der Waals surface area contributed by atoms with Gasteiger partial charge in [-0.2, -0.15) is 0 Å². The molecule has 0 amide bonds. The molecule has 1 heteroatoms. The summed E-state index contributed by atoms with van der Waals surface area (Å²) >= 11 is 0. The molecule has 0 saturated carbocycles. The Balaban J connectivity index is 1.14. The highest BCUT2D eigenvalue weighted by Crippen LogP contribution is 2.31. The Kier molecular flexibility index (Phi) is 9.20. The van der Waals surface area contributed by atoms with E-state index in [9.17, 15) is 0 Å². The van der Waals surface area contributed by atoms with Crippen LogP contribution in [0.4, 0.5) is 11.4 Å². The second-order valence-corrected chi connectivity index (χ2v) is 12.0. The summed E-state index contributed by atoms with van der Waals surface area (Å²) in [7, 11) is 0. The molecular weight excluding hydrogens is 579 g/mol. The van der Waals surface area contributed by atoms with Crippen molar-refractivity contribution in [3.8, 4) is 11.1 Å². The fourth-order valence-corrected chi connectivity index (χ4v) is 5.93. The summed E-state index contributed by atoms with van der Waals surface area (Å²) in [6, 6.07) is 66.7. The van der Waals surface area contributed by atoms with Gasteiger partial charge in [0.25, 0.3) is 0 Å². The first-order valence-corrected chi connectivity index (χ1v) is 16.4. The van der Waals surface area contributed by atoms with Gasteiger partial charge in [-0.05, 0) is 99.0 Å². The normalized spacial score (nSPS) is 11.7. The van der Waals surface area contributed by atoms with Crippen LogP contribution in [0, 0.1) is 6.92 Å². The van der Waals surface area contributed by atoms with Gasteiger partial charge in [0.05, 0.1) is 0 Å². The molecular formula is C47H37N. The maximum absolute atomic E-state index is 3.47. The molecule has 0 atom stereocenters. The molecule has 0 aromatic heterocycles. The van der Waals surface area contributed by atoms with E-state index in [1.807, 2.05) is 18.2 Å². The third-order valence-electron chi connectivity index (χ3n) is 8.57. The van der Waals surface area contributed by atoms with Gasteiger partial charge in [0.15, 0.2) is 0 Å². The van der Waals surface area contributed by atoms with Crippen molar-refractivity contribution >= 4 is 34.7 Å². The van der Waals surface area contributed by atoms with E-state index in [4.69, 9.17) is 0 Å². The molecule has 0 saturated heterocycles. The molecule has 7 rings (SSSR count). The second-order valence-electron chi connectivity index (χ2n) is 12.0. The van der Waals surface area contributed by atoms with Crippen LogP contribution in [0.5, 0.6) is 0 Å². The van der Waals surface area contributed by atoms with E-state index in [0.29, 0.717) is 0 Å². The van der Waals surface area contributed by atoms with E-state index in [1.165, 1.54) is 55.7 Å². The van der Waals surface area contributed by atoms with Gasteiger partial charge < -0.3 is 5.32 Å². The molecule has 7 aromatic carbocycles. The summed E-state index contributed by atoms with van der Waals surface area (Å²) in [5.74, 6) is 0. The van der Waals surface area contributed by atoms with Gasteiger partial charge in [-0.1, -0.05) is 169 Å². The first-order chi connectivity index (χ1) is 23.7. The van der Waals surface area contributed by atoms with E-state index in [-0.39, 0.29) is 0 Å². The molecule has 0 heterocycles. The Hall–Kier alpha value is -6.18. The zero-order valence-electron chi connectivity index (χ0n) is 27.1. The lowest BCUT2D eigenvalue weighted by Crippen LogP contribution is -1.91. The summed E-state index contributed by atoms with van der Waals surface area (Å²) in [4.78, 5) is 0. The minimum atomic E-state index is 1.07. The largest absolute Gasteiger partial charge is 0.356 e. The maximum atomic E-state index is 3.47. The van der Waals surface area contributed by atoms with Gasteiger partial charge in [-0.15, -0.1) is 0 Å². The van der Waals surface area contributed by atoms with E-state index in [1.54, 1.807) is 0 Å². The molecule has 230 valence electrons. The predicted molar refractivity (Wildman–Crippen MR) is 206 cm³/mol. The molecule has 0 aliphatic heterocycles. The van der Waals surface area contributed by atoms with Crippen molar-refractivity contribution < 1.29 is 0 Å². The van der Waals surface area contributed by atoms with Crippen molar-refractivity contribution in [3.05, 3.63) is 227 Å². The summed E-state index contributed by atoms with van der Waals surface area (Å²) in [6.45, 7) is 2.13. The average molecular weight is 616 g/mol. The molecule has 0 aliphatic rings. The monoisotopic (exact) mass is 615 g/mol. The molecule has 0 bridgehead atoms. The van der Waals surface area contributed by atoms with Crippen molar-refractivity contribution in [1.29, 1.82) is 0 Å². The molecule has 0 radical (unpaired) electrons. The summed E-state index contributed by atoms with van der Waals surface area (Å²) in [5, 5.41) is 3.47. The van der Waals surface area contributed by atoms with E-state index < -0.39 is 0 Å². The van der Waals surface area contributed by atoms with E-state index in [2.05, 4.69) is 194 Å². The van der Waals surface area contributed by atoms with Gasteiger partial charge in [-0.25, -0.2) is 0 Å². The minimum absolute atomic E-state index is 1.07. The molecule has 0 aliphatic carbocycles. The van der Waals surface area contributed by atoms with Crippen LogP contribution in [-0.4, -0.2) is 0 Å². The Labute approximate surface area is 284 Å². The highest BCUT2D eigenvalue weighted by molar-refractivity contribution is 5.93. The number of aryl methyl sites for hydroxylation is 1. The van der Waals surface area contributed by atoms with E-state index >= 15 is 0 Å². The molecule has 0 unspecified atom stereocenters. The lowest BCUT2D eigenvalue weighted by atomic mass is 9.93. The zero-order valence-corrected chi connectivity index (χ0v) is 27.1. The Morgan fingerprint density at radius 3 is 1.19 bits per heavy atom. The molecule has 0 spiro atoms. The number of hydrogen-bond donors (Lipinski definition) is 1. The lowest BCUT2D eigenvalue weighted by Gasteiger charge is -2.12. The van der Waals surface area contributed by atoms with Crippen LogP contribution >= 0.6 is 0 Å². The summed E-state index contributed by atoms with van der Waals surface area (Å²) in [6.07, 6.45) is 4.56. The highest BCUT2D eigenvalue weighted by atomic mass is 14.9. The molecule has 48 heavy (non-hydrogen) atoms. The van der Waals surface area contributed by atoms with Crippen molar-refractivity contribution in [1.82, 2.24) is 0 Å². The second kappa shape index (κ2) is 14.5. The van der Waals surface area contributed by atoms with Crippen LogP contribution in [0.3, 0.4) is 0 Å². The number of para-hydroxylation sites is 1. The van der Waals surface area contributed by atoms with Crippen LogP contribution < -0.4 is 5.32 Å². The van der Waals surface area contributed by atoms with Gasteiger partial charge in [0.1, 0.15) is 0 Å². The average Bonchev–Trinajstić information content (AvgIpc) is 3.15. The van der Waals surface area contributed by atoms with Crippen molar-refractivity contribution in [2.24, 2.45) is 0 Å². The zero-order chi connectivity index (χ0) is 32.5. The quantitative estimate of drug-likeness (QED) is 0.159. The molecule has 0 fully saturated rings. The summed E-state index contributed by atoms with van der Waals surface area (Å²) in [5.41, 5.74) is 15.3. The number of nitrogens with one attached hydrogen (secondary N) is 1. The number of hydrogen-bond acceptors (Lipinski definition) is 1. The number of benzene rings is 7. The highest BCUT2D eigenvalue weighted by Gasteiger charge is 2.09. The van der Waals surface area contributed by atoms with Crippen LogP contribution in [0.25, 0.3) is 34.4 Å². The van der Waals surface area contributed by atoms with Gasteiger partial charge in [0, 0.05) is 11.4 Å². The third-order valence-corrected chi connectivity index (χ3v) is 8.57. The predicted octanol–water partition coefficient (Wildman–Crippen LogP) is 12.6. The first kappa shape index (κ1) is 30.5. The van der Waals surface area contributed by atoms with Crippen LogP contribution in [0.1, 0.15) is 38.9 Å². The topological polar surface area (TPSA) is 12.0 Å². The SMILES string of the molecule is Cc1ccc(C(=Cc2ccc(-c3ccc(C(=Cc4ccc(Nc5ccccc5)cc4)c4ccccc4)cc3)cc2)c2ccccc2)cc1. The molecule has 1 N–H and O–H groups in total. The lowest BCUT2D eigenvalue weighted by molar-refractivity contribution is 1.45.